The Hall–Kier alpha value is -0.380. The van der Waals surface area contributed by atoms with Crippen molar-refractivity contribution in [2.45, 2.75) is 19.4 Å². The standard InChI is InChI=1S/C10H20NO2.ClH/c1-8(2)10(13)9(6-7-12)11(3,4)5;/h9,12H,1,6-7H2,2-5H3;1H/q+1;/p-1. The lowest BCUT2D eigenvalue weighted by molar-refractivity contribution is -0.886. The van der Waals surface area contributed by atoms with Crippen LogP contribution in [0.5, 0.6) is 0 Å². The fourth-order valence-corrected chi connectivity index (χ4v) is 1.28. The van der Waals surface area contributed by atoms with Gasteiger partial charge in [-0.3, -0.25) is 4.79 Å². The third-order valence-electron chi connectivity index (χ3n) is 2.06. The summed E-state index contributed by atoms with van der Waals surface area (Å²) in [4.78, 5) is 11.7. The van der Waals surface area contributed by atoms with Crippen LogP contribution in [-0.2, 0) is 4.79 Å². The fraction of sp³-hybridized carbons (Fsp3) is 0.700. The molecular formula is C10H20ClNO2. The Labute approximate surface area is 92.4 Å². The van der Waals surface area contributed by atoms with Crippen molar-refractivity contribution in [3.63, 3.8) is 0 Å². The summed E-state index contributed by atoms with van der Waals surface area (Å²) >= 11 is 0. The summed E-state index contributed by atoms with van der Waals surface area (Å²) in [5.41, 5.74) is 0.562. The molecule has 4 heteroatoms. The van der Waals surface area contributed by atoms with E-state index in [2.05, 4.69) is 6.58 Å². The third kappa shape index (κ3) is 4.74. The normalized spacial score (nSPS) is 12.9. The van der Waals surface area contributed by atoms with E-state index < -0.39 is 0 Å². The van der Waals surface area contributed by atoms with Crippen molar-refractivity contribution >= 4 is 5.78 Å². The summed E-state index contributed by atoms with van der Waals surface area (Å²) in [6, 6.07) is -0.178. The van der Waals surface area contributed by atoms with Crippen LogP contribution >= 0.6 is 0 Å². The van der Waals surface area contributed by atoms with Gasteiger partial charge in [0.1, 0.15) is 0 Å². The molecular weight excluding hydrogens is 202 g/mol. The molecule has 0 aromatic heterocycles. The van der Waals surface area contributed by atoms with Crippen molar-refractivity contribution in [3.05, 3.63) is 12.2 Å². The minimum atomic E-state index is -0.178. The van der Waals surface area contributed by atoms with Crippen molar-refractivity contribution in [3.8, 4) is 0 Å². The first-order chi connectivity index (χ1) is 5.80. The van der Waals surface area contributed by atoms with Gasteiger partial charge in [-0.1, -0.05) is 6.58 Å². The zero-order valence-electron chi connectivity index (χ0n) is 9.38. The Kier molecular flexibility index (Phi) is 7.08. The topological polar surface area (TPSA) is 37.3 Å². The van der Waals surface area contributed by atoms with Crippen molar-refractivity contribution in [2.24, 2.45) is 0 Å². The van der Waals surface area contributed by atoms with E-state index in [-0.39, 0.29) is 30.8 Å². The Morgan fingerprint density at radius 2 is 1.86 bits per heavy atom. The van der Waals surface area contributed by atoms with E-state index in [9.17, 15) is 4.79 Å². The number of likely N-dealkylation sites (N-methyl/N-ethyl adjacent to an activating group) is 1. The number of aliphatic hydroxyl groups excluding tert-OH is 1. The van der Waals surface area contributed by atoms with Gasteiger partial charge in [0.25, 0.3) is 0 Å². The fourth-order valence-electron chi connectivity index (χ4n) is 1.28. The van der Waals surface area contributed by atoms with Crippen molar-refractivity contribution in [1.82, 2.24) is 0 Å². The molecule has 0 saturated carbocycles. The van der Waals surface area contributed by atoms with E-state index in [0.29, 0.717) is 16.5 Å². The van der Waals surface area contributed by atoms with Gasteiger partial charge in [0.2, 0.25) is 5.78 Å². The predicted molar refractivity (Wildman–Crippen MR) is 53.3 cm³/mol. The number of carbonyl (C=O) groups is 1. The number of quaternary nitrogens is 1. The van der Waals surface area contributed by atoms with Crippen LogP contribution < -0.4 is 12.4 Å². The van der Waals surface area contributed by atoms with E-state index in [1.807, 2.05) is 21.1 Å². The molecule has 0 rings (SSSR count). The predicted octanol–water partition coefficient (Wildman–Crippen LogP) is -2.41. The number of Topliss-reactive ketones (excluding diaryl/α,β-unsaturated/α-hetero) is 1. The molecule has 0 aromatic rings. The maximum Gasteiger partial charge on any atom is 0.215 e. The zero-order valence-corrected chi connectivity index (χ0v) is 10.1. The first kappa shape index (κ1) is 16.1. The molecule has 0 spiro atoms. The van der Waals surface area contributed by atoms with Crippen LogP contribution in [0.15, 0.2) is 12.2 Å². The lowest BCUT2D eigenvalue weighted by Gasteiger charge is -2.32. The number of carbonyl (C=O) groups excluding carboxylic acids is 1. The molecule has 84 valence electrons. The molecule has 0 heterocycles. The molecule has 0 bridgehead atoms. The Morgan fingerprint density at radius 3 is 2.07 bits per heavy atom. The molecule has 3 nitrogen and oxygen atoms in total. The molecule has 0 radical (unpaired) electrons. The second-order valence-electron chi connectivity index (χ2n) is 4.29. The first-order valence-corrected chi connectivity index (χ1v) is 4.42. The number of hydrogen-bond donors (Lipinski definition) is 1. The Bertz CT molecular complexity index is 209. The highest BCUT2D eigenvalue weighted by atomic mass is 35.5. The van der Waals surface area contributed by atoms with Crippen LogP contribution in [0.4, 0.5) is 0 Å². The van der Waals surface area contributed by atoms with Crippen molar-refractivity contribution < 1.29 is 26.8 Å². The van der Waals surface area contributed by atoms with Crippen LogP contribution in [0.3, 0.4) is 0 Å². The summed E-state index contributed by atoms with van der Waals surface area (Å²) in [5.74, 6) is 0.0431. The second kappa shape index (κ2) is 6.17. The maximum atomic E-state index is 11.7. The summed E-state index contributed by atoms with van der Waals surface area (Å²) in [5, 5.41) is 8.84. The highest BCUT2D eigenvalue weighted by Crippen LogP contribution is 2.12. The second-order valence-corrected chi connectivity index (χ2v) is 4.29. The average molecular weight is 222 g/mol. The van der Waals surface area contributed by atoms with Gasteiger partial charge in [-0.25, -0.2) is 0 Å². The minimum Gasteiger partial charge on any atom is -1.00 e. The minimum absolute atomic E-state index is 0. The summed E-state index contributed by atoms with van der Waals surface area (Å²) in [6.45, 7) is 5.38. The van der Waals surface area contributed by atoms with E-state index in [0.717, 1.165) is 0 Å². The highest BCUT2D eigenvalue weighted by molar-refractivity contribution is 5.97. The number of aliphatic hydroxyl groups is 1. The smallest absolute Gasteiger partial charge is 0.215 e. The highest BCUT2D eigenvalue weighted by Gasteiger charge is 2.30. The molecule has 0 saturated heterocycles. The Morgan fingerprint density at radius 1 is 1.43 bits per heavy atom. The molecule has 14 heavy (non-hydrogen) atoms. The molecule has 1 unspecified atom stereocenters. The lowest BCUT2D eigenvalue weighted by atomic mass is 10.0. The lowest BCUT2D eigenvalue weighted by Crippen LogP contribution is -3.00. The molecule has 1 atom stereocenters. The number of rotatable bonds is 5. The number of halogens is 1. The van der Waals surface area contributed by atoms with Gasteiger partial charge in [0, 0.05) is 13.0 Å². The SMILES string of the molecule is C=C(C)C(=O)C(CCO)[N+](C)(C)C.[Cl-]. The average Bonchev–Trinajstić information content (AvgIpc) is 1.96. The van der Waals surface area contributed by atoms with Crippen LogP contribution in [-0.4, -0.2) is 49.2 Å². The molecule has 0 aliphatic rings. The van der Waals surface area contributed by atoms with E-state index in [1.165, 1.54) is 0 Å². The monoisotopic (exact) mass is 221 g/mol. The van der Waals surface area contributed by atoms with Gasteiger partial charge in [0.15, 0.2) is 6.04 Å². The molecule has 0 aromatic carbocycles. The summed E-state index contributed by atoms with van der Waals surface area (Å²) < 4.78 is 0.534. The van der Waals surface area contributed by atoms with Crippen LogP contribution in [0.25, 0.3) is 0 Å². The van der Waals surface area contributed by atoms with Crippen molar-refractivity contribution in [1.29, 1.82) is 0 Å². The molecule has 0 fully saturated rings. The number of ketones is 1. The number of hydrogen-bond acceptors (Lipinski definition) is 2. The summed E-state index contributed by atoms with van der Waals surface area (Å²) in [7, 11) is 5.84. The van der Waals surface area contributed by atoms with Crippen LogP contribution in [0, 0.1) is 0 Å². The van der Waals surface area contributed by atoms with Crippen LogP contribution in [0.1, 0.15) is 13.3 Å². The van der Waals surface area contributed by atoms with Gasteiger partial charge in [-0.15, -0.1) is 0 Å². The quantitative estimate of drug-likeness (QED) is 0.415. The van der Waals surface area contributed by atoms with E-state index in [4.69, 9.17) is 5.11 Å². The third-order valence-corrected chi connectivity index (χ3v) is 2.06. The van der Waals surface area contributed by atoms with E-state index >= 15 is 0 Å². The van der Waals surface area contributed by atoms with Gasteiger partial charge in [0.05, 0.1) is 21.1 Å². The van der Waals surface area contributed by atoms with Gasteiger partial charge < -0.3 is 22.0 Å². The van der Waals surface area contributed by atoms with Gasteiger partial charge >= 0.3 is 0 Å². The maximum absolute atomic E-state index is 11.7. The molecule has 0 aliphatic carbocycles. The van der Waals surface area contributed by atoms with Crippen LogP contribution in [0.2, 0.25) is 0 Å². The van der Waals surface area contributed by atoms with E-state index in [1.54, 1.807) is 6.92 Å². The van der Waals surface area contributed by atoms with Gasteiger partial charge in [-0.2, -0.15) is 0 Å². The first-order valence-electron chi connectivity index (χ1n) is 4.42. The summed E-state index contributed by atoms with van der Waals surface area (Å²) in [6.07, 6.45) is 0.495. The van der Waals surface area contributed by atoms with Gasteiger partial charge in [-0.05, 0) is 12.5 Å². The molecule has 0 amide bonds. The zero-order chi connectivity index (χ0) is 10.6. The molecule has 0 aliphatic heterocycles. The Balaban J connectivity index is 0. The largest absolute Gasteiger partial charge is 1.00 e. The number of nitrogens with zero attached hydrogens (tertiary/aromatic N) is 1. The van der Waals surface area contributed by atoms with Crippen molar-refractivity contribution in [2.75, 3.05) is 27.7 Å². The molecule has 1 N–H and O–H groups in total.